The van der Waals surface area contributed by atoms with Gasteiger partial charge < -0.3 is 10.1 Å². The number of nitrogens with one attached hydrogen (secondary N) is 1. The highest BCUT2D eigenvalue weighted by molar-refractivity contribution is 5.12. The third-order valence-electron chi connectivity index (χ3n) is 4.13. The zero-order chi connectivity index (χ0) is 12.2. The number of piperidine rings is 1. The van der Waals surface area contributed by atoms with Crippen LogP contribution >= 0.6 is 0 Å². The van der Waals surface area contributed by atoms with Crippen molar-refractivity contribution < 1.29 is 4.74 Å². The van der Waals surface area contributed by atoms with Crippen LogP contribution in [0.4, 0.5) is 0 Å². The van der Waals surface area contributed by atoms with Gasteiger partial charge in [-0.1, -0.05) is 0 Å². The largest absolute Gasteiger partial charge is 0.376 e. The molecule has 1 aromatic rings. The van der Waals surface area contributed by atoms with Gasteiger partial charge in [0.15, 0.2) is 0 Å². The summed E-state index contributed by atoms with van der Waals surface area (Å²) in [5.74, 6) is 0.701. The Balaban J connectivity index is 1.58. The fourth-order valence-corrected chi connectivity index (χ4v) is 3.01. The van der Waals surface area contributed by atoms with Crippen LogP contribution < -0.4 is 5.32 Å². The lowest BCUT2D eigenvalue weighted by atomic mass is 9.93. The molecule has 100 valence electrons. The van der Waals surface area contributed by atoms with Crippen LogP contribution in [0.1, 0.15) is 43.6 Å². The van der Waals surface area contributed by atoms with E-state index in [1.54, 1.807) is 0 Å². The molecule has 0 spiro atoms. The predicted octanol–water partition coefficient (Wildman–Crippen LogP) is 1.92. The van der Waals surface area contributed by atoms with E-state index in [-0.39, 0.29) is 0 Å². The van der Waals surface area contributed by atoms with Gasteiger partial charge in [-0.2, -0.15) is 5.10 Å². The van der Waals surface area contributed by atoms with Crippen molar-refractivity contribution in [1.29, 1.82) is 0 Å². The third kappa shape index (κ3) is 2.93. The highest BCUT2D eigenvalue weighted by atomic mass is 16.5. The van der Waals surface area contributed by atoms with Gasteiger partial charge >= 0.3 is 0 Å². The SMILES string of the molecule is c1nn(C[C@H]2CCCCO2)cc1C1CCNCC1. The van der Waals surface area contributed by atoms with Gasteiger partial charge in [0.25, 0.3) is 0 Å². The number of nitrogens with zero attached hydrogens (tertiary/aromatic N) is 2. The quantitative estimate of drug-likeness (QED) is 0.889. The van der Waals surface area contributed by atoms with Crippen LogP contribution in [0.25, 0.3) is 0 Å². The number of hydrogen-bond donors (Lipinski definition) is 1. The summed E-state index contributed by atoms with van der Waals surface area (Å²) in [6.45, 7) is 4.13. The van der Waals surface area contributed by atoms with Gasteiger partial charge in [0, 0.05) is 12.8 Å². The Hall–Kier alpha value is -0.870. The zero-order valence-electron chi connectivity index (χ0n) is 11.0. The van der Waals surface area contributed by atoms with Gasteiger partial charge in [0.1, 0.15) is 0 Å². The van der Waals surface area contributed by atoms with E-state index < -0.39 is 0 Å². The first-order valence-electron chi connectivity index (χ1n) is 7.26. The molecule has 3 heterocycles. The van der Waals surface area contributed by atoms with Gasteiger partial charge in [-0.05, 0) is 56.7 Å². The number of aromatic nitrogens is 2. The maximum atomic E-state index is 5.77. The average Bonchev–Trinajstić information content (AvgIpc) is 2.89. The van der Waals surface area contributed by atoms with Crippen molar-refractivity contribution in [3.05, 3.63) is 18.0 Å². The van der Waals surface area contributed by atoms with E-state index in [0.717, 1.165) is 26.2 Å². The van der Waals surface area contributed by atoms with Crippen LogP contribution in [-0.2, 0) is 11.3 Å². The molecule has 4 nitrogen and oxygen atoms in total. The van der Waals surface area contributed by atoms with Crippen molar-refractivity contribution in [2.24, 2.45) is 0 Å². The van der Waals surface area contributed by atoms with Crippen molar-refractivity contribution in [2.45, 2.75) is 50.7 Å². The van der Waals surface area contributed by atoms with Crippen LogP contribution in [0, 0.1) is 0 Å². The van der Waals surface area contributed by atoms with Crippen LogP contribution in [0.5, 0.6) is 0 Å². The molecular weight excluding hydrogens is 226 g/mol. The highest BCUT2D eigenvalue weighted by Gasteiger charge is 2.18. The van der Waals surface area contributed by atoms with E-state index in [1.807, 2.05) is 0 Å². The Bertz CT molecular complexity index is 365. The molecule has 18 heavy (non-hydrogen) atoms. The van der Waals surface area contributed by atoms with Crippen LogP contribution in [0.3, 0.4) is 0 Å². The van der Waals surface area contributed by atoms with E-state index in [1.165, 1.54) is 37.7 Å². The number of hydrogen-bond acceptors (Lipinski definition) is 3. The summed E-state index contributed by atoms with van der Waals surface area (Å²) in [5, 5.41) is 7.91. The Labute approximate surface area is 109 Å². The van der Waals surface area contributed by atoms with Crippen LogP contribution in [0.15, 0.2) is 12.4 Å². The zero-order valence-corrected chi connectivity index (χ0v) is 11.0. The Morgan fingerprint density at radius 3 is 2.94 bits per heavy atom. The van der Waals surface area contributed by atoms with Crippen molar-refractivity contribution in [3.63, 3.8) is 0 Å². The number of rotatable bonds is 3. The molecule has 2 aliphatic rings. The van der Waals surface area contributed by atoms with Gasteiger partial charge in [0.05, 0.1) is 18.8 Å². The molecule has 2 fully saturated rings. The summed E-state index contributed by atoms with van der Waals surface area (Å²) in [7, 11) is 0. The first-order chi connectivity index (χ1) is 8.92. The summed E-state index contributed by atoms with van der Waals surface area (Å²) >= 11 is 0. The van der Waals surface area contributed by atoms with Crippen molar-refractivity contribution >= 4 is 0 Å². The monoisotopic (exact) mass is 249 g/mol. The van der Waals surface area contributed by atoms with E-state index in [0.29, 0.717) is 12.0 Å². The minimum absolute atomic E-state index is 0.375. The molecule has 2 aliphatic heterocycles. The van der Waals surface area contributed by atoms with Crippen molar-refractivity contribution in [3.8, 4) is 0 Å². The molecule has 1 aromatic heterocycles. The molecule has 0 radical (unpaired) electrons. The summed E-state index contributed by atoms with van der Waals surface area (Å²) in [6.07, 6.45) is 10.8. The minimum atomic E-state index is 0.375. The number of ether oxygens (including phenoxy) is 1. The topological polar surface area (TPSA) is 39.1 Å². The summed E-state index contributed by atoms with van der Waals surface area (Å²) in [4.78, 5) is 0. The second-order valence-corrected chi connectivity index (χ2v) is 5.51. The van der Waals surface area contributed by atoms with E-state index in [4.69, 9.17) is 4.74 Å². The molecule has 2 saturated heterocycles. The molecule has 1 N–H and O–H groups in total. The molecular formula is C14H23N3O. The standard InChI is InChI=1S/C14H23N3O/c1-2-8-18-14(3-1)11-17-10-13(9-16-17)12-4-6-15-7-5-12/h9-10,12,14-15H,1-8,11H2/t14-/m1/s1. The summed E-state index contributed by atoms with van der Waals surface area (Å²) in [5.41, 5.74) is 1.41. The van der Waals surface area contributed by atoms with Gasteiger partial charge in [-0.3, -0.25) is 4.68 Å². The van der Waals surface area contributed by atoms with E-state index in [9.17, 15) is 0 Å². The van der Waals surface area contributed by atoms with Crippen molar-refractivity contribution in [2.75, 3.05) is 19.7 Å². The fourth-order valence-electron chi connectivity index (χ4n) is 3.01. The first kappa shape index (κ1) is 12.2. The Morgan fingerprint density at radius 2 is 2.17 bits per heavy atom. The van der Waals surface area contributed by atoms with Gasteiger partial charge in [0.2, 0.25) is 0 Å². The second-order valence-electron chi connectivity index (χ2n) is 5.51. The van der Waals surface area contributed by atoms with Gasteiger partial charge in [-0.15, -0.1) is 0 Å². The smallest absolute Gasteiger partial charge is 0.0770 e. The van der Waals surface area contributed by atoms with Gasteiger partial charge in [-0.25, -0.2) is 0 Å². The summed E-state index contributed by atoms with van der Waals surface area (Å²) in [6, 6.07) is 0. The maximum absolute atomic E-state index is 5.77. The normalized spacial score (nSPS) is 26.3. The van der Waals surface area contributed by atoms with Crippen LogP contribution in [-0.4, -0.2) is 35.6 Å². The predicted molar refractivity (Wildman–Crippen MR) is 70.7 cm³/mol. The lowest BCUT2D eigenvalue weighted by molar-refractivity contribution is 0.00398. The second kappa shape index (κ2) is 5.85. The first-order valence-corrected chi connectivity index (χ1v) is 7.26. The van der Waals surface area contributed by atoms with E-state index >= 15 is 0 Å². The molecule has 0 aromatic carbocycles. The molecule has 3 rings (SSSR count). The molecule has 0 bridgehead atoms. The molecule has 0 saturated carbocycles. The van der Waals surface area contributed by atoms with E-state index in [2.05, 4.69) is 27.5 Å². The molecule has 4 heteroatoms. The minimum Gasteiger partial charge on any atom is -0.376 e. The highest BCUT2D eigenvalue weighted by Crippen LogP contribution is 2.24. The van der Waals surface area contributed by atoms with Crippen molar-refractivity contribution in [1.82, 2.24) is 15.1 Å². The lowest BCUT2D eigenvalue weighted by Crippen LogP contribution is -2.26. The average molecular weight is 249 g/mol. The Kier molecular flexibility index (Phi) is 3.96. The third-order valence-corrected chi connectivity index (χ3v) is 4.13. The maximum Gasteiger partial charge on any atom is 0.0770 e. The Morgan fingerprint density at radius 1 is 1.28 bits per heavy atom. The molecule has 0 aliphatic carbocycles. The fraction of sp³-hybridized carbons (Fsp3) is 0.786. The molecule has 0 amide bonds. The molecule has 0 unspecified atom stereocenters. The summed E-state index contributed by atoms with van der Waals surface area (Å²) < 4.78 is 7.84. The lowest BCUT2D eigenvalue weighted by Gasteiger charge is -2.22. The molecule has 1 atom stereocenters. The van der Waals surface area contributed by atoms with Crippen LogP contribution in [0.2, 0.25) is 0 Å².